The van der Waals surface area contributed by atoms with Crippen LogP contribution < -0.4 is 5.73 Å². The summed E-state index contributed by atoms with van der Waals surface area (Å²) in [5.74, 6) is -0.416. The highest BCUT2D eigenvalue weighted by Gasteiger charge is 2.02. The average molecular weight is 178 g/mol. The Morgan fingerprint density at radius 1 is 1.54 bits per heavy atom. The van der Waals surface area contributed by atoms with Gasteiger partial charge in [0.25, 0.3) is 0 Å². The Morgan fingerprint density at radius 2 is 2.15 bits per heavy atom. The van der Waals surface area contributed by atoms with E-state index >= 15 is 0 Å². The normalized spacial score (nSPS) is 11.0. The average Bonchev–Trinajstić information content (AvgIpc) is 2.29. The van der Waals surface area contributed by atoms with Crippen molar-refractivity contribution in [1.29, 1.82) is 0 Å². The maximum Gasteiger partial charge on any atom is 0.241 e. The lowest BCUT2D eigenvalue weighted by Crippen LogP contribution is -2.05. The Balaban J connectivity index is 3.03. The van der Waals surface area contributed by atoms with E-state index in [9.17, 15) is 4.79 Å². The van der Waals surface area contributed by atoms with E-state index in [0.29, 0.717) is 0 Å². The first kappa shape index (κ1) is 9.58. The number of carbonyl (C=O) groups is 1. The van der Waals surface area contributed by atoms with Crippen molar-refractivity contribution in [3.63, 3.8) is 0 Å². The SMILES string of the molecule is Cc1cc(/C=C/C(N)=O)c(C)n1C. The van der Waals surface area contributed by atoms with Crippen LogP contribution in [-0.2, 0) is 11.8 Å². The second-order valence-corrected chi connectivity index (χ2v) is 3.12. The van der Waals surface area contributed by atoms with Crippen molar-refractivity contribution in [3.8, 4) is 0 Å². The number of carbonyl (C=O) groups excluding carboxylic acids is 1. The van der Waals surface area contributed by atoms with Gasteiger partial charge in [0, 0.05) is 24.5 Å². The van der Waals surface area contributed by atoms with Crippen molar-refractivity contribution in [3.05, 3.63) is 29.1 Å². The zero-order valence-electron chi connectivity index (χ0n) is 8.16. The number of hydrogen-bond acceptors (Lipinski definition) is 1. The second-order valence-electron chi connectivity index (χ2n) is 3.12. The van der Waals surface area contributed by atoms with Crippen molar-refractivity contribution in [2.45, 2.75) is 13.8 Å². The maximum absolute atomic E-state index is 10.5. The fraction of sp³-hybridized carbons (Fsp3) is 0.300. The van der Waals surface area contributed by atoms with Crippen LogP contribution >= 0.6 is 0 Å². The summed E-state index contributed by atoms with van der Waals surface area (Å²) in [6.45, 7) is 4.03. The standard InChI is InChI=1S/C10H14N2O/c1-7-6-9(4-5-10(11)13)8(2)12(7)3/h4-6H,1-3H3,(H2,11,13)/b5-4+. The molecule has 0 aliphatic carbocycles. The molecule has 0 spiro atoms. The maximum atomic E-state index is 10.5. The fourth-order valence-corrected chi connectivity index (χ4v) is 1.23. The van der Waals surface area contributed by atoms with Gasteiger partial charge in [0.15, 0.2) is 0 Å². The first-order valence-electron chi connectivity index (χ1n) is 4.13. The lowest BCUT2D eigenvalue weighted by atomic mass is 10.2. The Hall–Kier alpha value is -1.51. The predicted octanol–water partition coefficient (Wildman–Crippen LogP) is 1.14. The molecule has 1 aromatic rings. The molecule has 0 aromatic carbocycles. The van der Waals surface area contributed by atoms with Crippen LogP contribution in [0.4, 0.5) is 0 Å². The highest BCUT2D eigenvalue weighted by atomic mass is 16.1. The molecule has 0 aliphatic rings. The quantitative estimate of drug-likeness (QED) is 0.678. The van der Waals surface area contributed by atoms with Crippen LogP contribution in [0.15, 0.2) is 12.1 Å². The predicted molar refractivity (Wildman–Crippen MR) is 53.1 cm³/mol. The number of primary amides is 1. The summed E-state index contributed by atoms with van der Waals surface area (Å²) in [6, 6.07) is 2.02. The number of hydrogen-bond donors (Lipinski definition) is 1. The molecule has 0 unspecified atom stereocenters. The molecule has 3 heteroatoms. The van der Waals surface area contributed by atoms with Gasteiger partial charge in [-0.3, -0.25) is 4.79 Å². The van der Waals surface area contributed by atoms with Crippen LogP contribution in [0, 0.1) is 13.8 Å². The molecule has 13 heavy (non-hydrogen) atoms. The molecule has 1 rings (SSSR count). The number of nitrogens with zero attached hydrogens (tertiary/aromatic N) is 1. The molecule has 0 atom stereocenters. The van der Waals surface area contributed by atoms with Gasteiger partial charge in [0.2, 0.25) is 5.91 Å². The minimum Gasteiger partial charge on any atom is -0.366 e. The summed E-state index contributed by atoms with van der Waals surface area (Å²) in [5.41, 5.74) is 8.35. The van der Waals surface area contributed by atoms with E-state index in [1.807, 2.05) is 27.0 Å². The molecular weight excluding hydrogens is 164 g/mol. The summed E-state index contributed by atoms with van der Waals surface area (Å²) in [5, 5.41) is 0. The van der Waals surface area contributed by atoms with E-state index in [4.69, 9.17) is 5.73 Å². The van der Waals surface area contributed by atoms with Gasteiger partial charge in [-0.1, -0.05) is 0 Å². The van der Waals surface area contributed by atoms with Crippen LogP contribution in [-0.4, -0.2) is 10.5 Å². The van der Waals surface area contributed by atoms with Crippen molar-refractivity contribution in [2.75, 3.05) is 0 Å². The number of aromatic nitrogens is 1. The number of nitrogens with two attached hydrogens (primary N) is 1. The second kappa shape index (κ2) is 3.47. The molecule has 70 valence electrons. The van der Waals surface area contributed by atoms with Gasteiger partial charge in [-0.05, 0) is 31.6 Å². The lowest BCUT2D eigenvalue weighted by Gasteiger charge is -1.98. The van der Waals surface area contributed by atoms with Gasteiger partial charge in [0.1, 0.15) is 0 Å². The zero-order valence-corrected chi connectivity index (χ0v) is 8.16. The molecule has 3 nitrogen and oxygen atoms in total. The van der Waals surface area contributed by atoms with Gasteiger partial charge in [-0.2, -0.15) is 0 Å². The van der Waals surface area contributed by atoms with E-state index in [1.54, 1.807) is 6.08 Å². The van der Waals surface area contributed by atoms with Crippen molar-refractivity contribution in [2.24, 2.45) is 12.8 Å². The van der Waals surface area contributed by atoms with Crippen LogP contribution in [0.1, 0.15) is 17.0 Å². The smallest absolute Gasteiger partial charge is 0.241 e. The highest BCUT2D eigenvalue weighted by molar-refractivity contribution is 5.90. The molecule has 2 N–H and O–H groups in total. The third kappa shape index (κ3) is 1.99. The topological polar surface area (TPSA) is 48.0 Å². The van der Waals surface area contributed by atoms with Gasteiger partial charge in [0.05, 0.1) is 0 Å². The summed E-state index contributed by atoms with van der Waals surface area (Å²) >= 11 is 0. The van der Waals surface area contributed by atoms with Crippen LogP contribution in [0.25, 0.3) is 6.08 Å². The Bertz CT molecular complexity index is 361. The number of aryl methyl sites for hydroxylation is 1. The summed E-state index contributed by atoms with van der Waals surface area (Å²) in [4.78, 5) is 10.5. The molecule has 0 aliphatic heterocycles. The molecule has 1 aromatic heterocycles. The Labute approximate surface area is 77.9 Å². The van der Waals surface area contributed by atoms with Crippen LogP contribution in [0.5, 0.6) is 0 Å². The zero-order chi connectivity index (χ0) is 10.0. The van der Waals surface area contributed by atoms with E-state index in [-0.39, 0.29) is 0 Å². The third-order valence-electron chi connectivity index (χ3n) is 2.24. The number of rotatable bonds is 2. The largest absolute Gasteiger partial charge is 0.366 e. The monoisotopic (exact) mass is 178 g/mol. The summed E-state index contributed by atoms with van der Waals surface area (Å²) in [7, 11) is 1.99. The third-order valence-corrected chi connectivity index (χ3v) is 2.24. The minimum absolute atomic E-state index is 0.416. The van der Waals surface area contributed by atoms with E-state index in [0.717, 1.165) is 11.3 Å². The molecule has 0 radical (unpaired) electrons. The fourth-order valence-electron chi connectivity index (χ4n) is 1.23. The van der Waals surface area contributed by atoms with Crippen LogP contribution in [0.3, 0.4) is 0 Å². The highest BCUT2D eigenvalue weighted by Crippen LogP contribution is 2.14. The molecule has 0 saturated heterocycles. The molecule has 1 heterocycles. The number of amides is 1. The van der Waals surface area contributed by atoms with Crippen molar-refractivity contribution < 1.29 is 4.79 Å². The van der Waals surface area contributed by atoms with Crippen molar-refractivity contribution >= 4 is 12.0 Å². The molecule has 1 amide bonds. The molecular formula is C10H14N2O. The van der Waals surface area contributed by atoms with Gasteiger partial charge in [-0.25, -0.2) is 0 Å². The van der Waals surface area contributed by atoms with Crippen LogP contribution in [0.2, 0.25) is 0 Å². The first-order chi connectivity index (χ1) is 6.02. The van der Waals surface area contributed by atoms with E-state index in [2.05, 4.69) is 4.57 Å². The van der Waals surface area contributed by atoms with Crippen molar-refractivity contribution in [1.82, 2.24) is 4.57 Å². The first-order valence-corrected chi connectivity index (χ1v) is 4.13. The lowest BCUT2D eigenvalue weighted by molar-refractivity contribution is -0.113. The van der Waals surface area contributed by atoms with Gasteiger partial charge in [-0.15, -0.1) is 0 Å². The summed E-state index contributed by atoms with van der Waals surface area (Å²) in [6.07, 6.45) is 3.12. The van der Waals surface area contributed by atoms with Gasteiger partial charge < -0.3 is 10.3 Å². The summed E-state index contributed by atoms with van der Waals surface area (Å²) < 4.78 is 2.07. The van der Waals surface area contributed by atoms with E-state index < -0.39 is 5.91 Å². The Morgan fingerprint density at radius 3 is 2.54 bits per heavy atom. The molecule has 0 saturated carbocycles. The van der Waals surface area contributed by atoms with E-state index in [1.165, 1.54) is 11.8 Å². The Kier molecular flexibility index (Phi) is 2.56. The molecule has 0 bridgehead atoms. The molecule has 0 fully saturated rings. The minimum atomic E-state index is -0.416. The van der Waals surface area contributed by atoms with Gasteiger partial charge >= 0.3 is 0 Å².